The number of aliphatic imine (C=N–C) groups is 1. The van der Waals surface area contributed by atoms with Crippen LogP contribution in [-0.2, 0) is 10.2 Å². The summed E-state index contributed by atoms with van der Waals surface area (Å²) >= 11 is 0. The molecule has 0 spiro atoms. The molecule has 2 fully saturated rings. The predicted molar refractivity (Wildman–Crippen MR) is 99.5 cm³/mol. The Hall–Kier alpha value is -1.62. The lowest BCUT2D eigenvalue weighted by Crippen LogP contribution is -2.48. The Morgan fingerprint density at radius 1 is 1.16 bits per heavy atom. The minimum absolute atomic E-state index is 0.0762. The van der Waals surface area contributed by atoms with Crippen LogP contribution in [0, 0.1) is 11.2 Å². The number of nitrogens with zero attached hydrogens (tertiary/aromatic N) is 1. The number of methoxy groups -OCH3 is 1. The van der Waals surface area contributed by atoms with Gasteiger partial charge in [0.1, 0.15) is 5.82 Å². The van der Waals surface area contributed by atoms with Crippen LogP contribution in [-0.4, -0.2) is 39.8 Å². The van der Waals surface area contributed by atoms with E-state index >= 15 is 0 Å². The van der Waals surface area contributed by atoms with Crippen molar-refractivity contribution < 1.29 is 9.13 Å². The van der Waals surface area contributed by atoms with Gasteiger partial charge in [0.25, 0.3) is 0 Å². The van der Waals surface area contributed by atoms with Crippen molar-refractivity contribution in [1.29, 1.82) is 0 Å². The minimum Gasteiger partial charge on any atom is -0.385 e. The van der Waals surface area contributed by atoms with E-state index in [2.05, 4.69) is 15.6 Å². The van der Waals surface area contributed by atoms with Crippen molar-refractivity contribution in [1.82, 2.24) is 10.6 Å². The molecule has 5 heteroatoms. The fourth-order valence-electron chi connectivity index (χ4n) is 3.84. The molecule has 2 N–H and O–H groups in total. The van der Waals surface area contributed by atoms with Crippen LogP contribution in [0.5, 0.6) is 0 Å². The average Bonchev–Trinajstić information content (AvgIpc) is 3.37. The molecule has 0 heterocycles. The second kappa shape index (κ2) is 7.73. The Morgan fingerprint density at radius 2 is 1.88 bits per heavy atom. The third-order valence-electron chi connectivity index (χ3n) is 6.00. The Morgan fingerprint density at radius 3 is 2.44 bits per heavy atom. The Labute approximate surface area is 150 Å². The number of nitrogens with one attached hydrogen (secondary N) is 2. The molecule has 0 unspecified atom stereocenters. The zero-order valence-corrected chi connectivity index (χ0v) is 15.4. The third kappa shape index (κ3) is 4.14. The van der Waals surface area contributed by atoms with Crippen LogP contribution in [0.25, 0.3) is 0 Å². The first kappa shape index (κ1) is 18.2. The third-order valence-corrected chi connectivity index (χ3v) is 6.00. The molecule has 1 aromatic carbocycles. The van der Waals surface area contributed by atoms with Crippen molar-refractivity contribution in [2.75, 3.05) is 33.9 Å². The summed E-state index contributed by atoms with van der Waals surface area (Å²) in [5.74, 6) is 0.712. The van der Waals surface area contributed by atoms with E-state index < -0.39 is 0 Å². The largest absolute Gasteiger partial charge is 0.385 e. The van der Waals surface area contributed by atoms with Gasteiger partial charge < -0.3 is 15.4 Å². The van der Waals surface area contributed by atoms with Gasteiger partial charge in [-0.15, -0.1) is 0 Å². The quantitative estimate of drug-likeness (QED) is 0.561. The van der Waals surface area contributed by atoms with Gasteiger partial charge in [0.05, 0.1) is 0 Å². The molecule has 138 valence electrons. The van der Waals surface area contributed by atoms with Crippen molar-refractivity contribution in [3.63, 3.8) is 0 Å². The molecule has 3 rings (SSSR count). The smallest absolute Gasteiger partial charge is 0.191 e. The summed E-state index contributed by atoms with van der Waals surface area (Å²) in [6, 6.07) is 7.13. The summed E-state index contributed by atoms with van der Waals surface area (Å²) in [5, 5.41) is 6.89. The summed E-state index contributed by atoms with van der Waals surface area (Å²) < 4.78 is 19.4. The lowest BCUT2D eigenvalue weighted by molar-refractivity contribution is 0.0732. The number of guanidine groups is 1. The van der Waals surface area contributed by atoms with E-state index in [0.29, 0.717) is 5.41 Å². The highest BCUT2D eigenvalue weighted by Crippen LogP contribution is 2.48. The van der Waals surface area contributed by atoms with Gasteiger partial charge in [0, 0.05) is 39.3 Å². The van der Waals surface area contributed by atoms with Crippen molar-refractivity contribution >= 4 is 5.96 Å². The number of hydrogen-bond donors (Lipinski definition) is 2. The van der Waals surface area contributed by atoms with Crippen LogP contribution in [0.2, 0.25) is 0 Å². The van der Waals surface area contributed by atoms with Crippen LogP contribution in [0.15, 0.2) is 29.3 Å². The Bertz CT molecular complexity index is 609. The summed E-state index contributed by atoms with van der Waals surface area (Å²) in [6.07, 6.45) is 6.94. The van der Waals surface area contributed by atoms with E-state index in [0.717, 1.165) is 50.5 Å². The highest BCUT2D eigenvalue weighted by Gasteiger charge is 2.46. The van der Waals surface area contributed by atoms with E-state index in [1.165, 1.54) is 19.3 Å². The SMILES string of the molecule is CN=C(NCC1(CCOC)CCC1)NCC1(c2ccccc2F)CC1. The number of rotatable bonds is 8. The van der Waals surface area contributed by atoms with Crippen molar-refractivity contribution in [2.45, 2.75) is 43.9 Å². The molecule has 0 radical (unpaired) electrons. The van der Waals surface area contributed by atoms with E-state index in [1.54, 1.807) is 26.3 Å². The van der Waals surface area contributed by atoms with Gasteiger partial charge in [0.15, 0.2) is 5.96 Å². The van der Waals surface area contributed by atoms with Gasteiger partial charge in [0.2, 0.25) is 0 Å². The first-order chi connectivity index (χ1) is 12.1. The first-order valence-electron chi connectivity index (χ1n) is 9.32. The van der Waals surface area contributed by atoms with Gasteiger partial charge in [-0.25, -0.2) is 4.39 Å². The van der Waals surface area contributed by atoms with Crippen molar-refractivity contribution in [3.8, 4) is 0 Å². The number of hydrogen-bond acceptors (Lipinski definition) is 2. The molecule has 0 amide bonds. The second-order valence-corrected chi connectivity index (χ2v) is 7.64. The van der Waals surface area contributed by atoms with Gasteiger partial charge in [-0.2, -0.15) is 0 Å². The molecule has 0 aliphatic heterocycles. The minimum atomic E-state index is -0.0993. The molecule has 0 atom stereocenters. The fourth-order valence-corrected chi connectivity index (χ4v) is 3.84. The molecule has 2 aliphatic rings. The van der Waals surface area contributed by atoms with Crippen molar-refractivity contribution in [2.24, 2.45) is 10.4 Å². The predicted octanol–water partition coefficient (Wildman–Crippen LogP) is 3.23. The topological polar surface area (TPSA) is 45.7 Å². The first-order valence-corrected chi connectivity index (χ1v) is 9.32. The zero-order valence-electron chi connectivity index (χ0n) is 15.4. The summed E-state index contributed by atoms with van der Waals surface area (Å²) in [5.41, 5.74) is 1.09. The molecule has 2 aliphatic carbocycles. The van der Waals surface area contributed by atoms with Crippen molar-refractivity contribution in [3.05, 3.63) is 35.6 Å². The monoisotopic (exact) mass is 347 g/mol. The van der Waals surface area contributed by atoms with Gasteiger partial charge in [-0.3, -0.25) is 4.99 Å². The maximum absolute atomic E-state index is 14.1. The molecule has 0 aromatic heterocycles. The highest BCUT2D eigenvalue weighted by molar-refractivity contribution is 5.79. The number of halogens is 1. The maximum atomic E-state index is 14.1. The Balaban J connectivity index is 1.52. The zero-order chi connectivity index (χ0) is 17.8. The van der Waals surface area contributed by atoms with Crippen LogP contribution in [0.1, 0.15) is 44.1 Å². The molecule has 4 nitrogen and oxygen atoms in total. The van der Waals surface area contributed by atoms with Crippen LogP contribution < -0.4 is 10.6 Å². The van der Waals surface area contributed by atoms with Gasteiger partial charge in [-0.05, 0) is 49.1 Å². The van der Waals surface area contributed by atoms with Crippen LogP contribution >= 0.6 is 0 Å². The Kier molecular flexibility index (Phi) is 5.62. The molecular formula is C20H30FN3O. The molecule has 2 saturated carbocycles. The lowest BCUT2D eigenvalue weighted by atomic mass is 9.67. The number of ether oxygens (including phenoxy) is 1. The normalized spacial score (nSPS) is 20.7. The molecule has 0 saturated heterocycles. The van der Waals surface area contributed by atoms with E-state index in [4.69, 9.17) is 4.74 Å². The number of benzene rings is 1. The summed E-state index contributed by atoms with van der Waals surface area (Å²) in [7, 11) is 3.55. The van der Waals surface area contributed by atoms with Crippen LogP contribution in [0.3, 0.4) is 0 Å². The molecular weight excluding hydrogens is 317 g/mol. The lowest BCUT2D eigenvalue weighted by Gasteiger charge is -2.42. The van der Waals surface area contributed by atoms with Gasteiger partial charge in [-0.1, -0.05) is 24.6 Å². The summed E-state index contributed by atoms with van der Waals surface area (Å²) in [4.78, 5) is 4.35. The van der Waals surface area contributed by atoms with Gasteiger partial charge >= 0.3 is 0 Å². The highest BCUT2D eigenvalue weighted by atomic mass is 19.1. The van der Waals surface area contributed by atoms with E-state index in [-0.39, 0.29) is 11.2 Å². The fraction of sp³-hybridized carbons (Fsp3) is 0.650. The average molecular weight is 347 g/mol. The standard InChI is InChI=1S/C20H30FN3O/c1-22-18(23-14-19(8-5-9-19)12-13-25-2)24-15-20(10-11-20)16-6-3-4-7-17(16)21/h3-4,6-7H,5,8-15H2,1-2H3,(H2,22,23,24). The molecule has 25 heavy (non-hydrogen) atoms. The second-order valence-electron chi connectivity index (χ2n) is 7.64. The summed E-state index contributed by atoms with van der Waals surface area (Å²) in [6.45, 7) is 2.45. The van der Waals surface area contributed by atoms with E-state index in [9.17, 15) is 4.39 Å². The maximum Gasteiger partial charge on any atom is 0.191 e. The van der Waals surface area contributed by atoms with E-state index in [1.807, 2.05) is 12.1 Å². The molecule has 0 bridgehead atoms. The molecule has 1 aromatic rings. The van der Waals surface area contributed by atoms with Crippen LogP contribution in [0.4, 0.5) is 4.39 Å².